The van der Waals surface area contributed by atoms with Gasteiger partial charge in [-0.25, -0.2) is 0 Å². The zero-order valence-electron chi connectivity index (χ0n) is 10.5. The Morgan fingerprint density at radius 1 is 1.06 bits per heavy atom. The van der Waals surface area contributed by atoms with Gasteiger partial charge in [0.15, 0.2) is 0 Å². The zero-order chi connectivity index (χ0) is 11.4. The molecule has 0 bridgehead atoms. The van der Waals surface area contributed by atoms with E-state index in [9.17, 15) is 0 Å². The van der Waals surface area contributed by atoms with Crippen molar-refractivity contribution in [3.63, 3.8) is 0 Å². The monoisotopic (exact) mass is 244 g/mol. The molecule has 0 nitrogen and oxygen atoms in total. The van der Waals surface area contributed by atoms with E-state index in [0.717, 1.165) is 17.8 Å². The Bertz CT molecular complexity index is 479. The average Bonchev–Trinajstić information content (AvgIpc) is 2.95. The van der Waals surface area contributed by atoms with Crippen molar-refractivity contribution in [1.82, 2.24) is 0 Å². The van der Waals surface area contributed by atoms with Crippen LogP contribution in [0.3, 0.4) is 0 Å². The Hall–Kier alpha value is -0.560. The van der Waals surface area contributed by atoms with Crippen LogP contribution in [0.25, 0.3) is 0 Å². The van der Waals surface area contributed by atoms with Crippen LogP contribution in [0, 0.1) is 11.8 Å². The van der Waals surface area contributed by atoms with Gasteiger partial charge in [-0.1, -0.05) is 11.1 Å². The van der Waals surface area contributed by atoms with E-state index >= 15 is 0 Å². The van der Waals surface area contributed by atoms with Crippen LogP contribution < -0.4 is 0 Å². The predicted octanol–water partition coefficient (Wildman–Crippen LogP) is 4.91. The molecular weight excluding hydrogens is 224 g/mol. The van der Waals surface area contributed by atoms with Gasteiger partial charge >= 0.3 is 0 Å². The van der Waals surface area contributed by atoms with Crippen molar-refractivity contribution >= 4 is 11.3 Å². The second-order valence-corrected chi connectivity index (χ2v) is 7.06. The highest BCUT2D eigenvalue weighted by molar-refractivity contribution is 7.10. The summed E-state index contributed by atoms with van der Waals surface area (Å²) in [4.78, 5) is 1.75. The second-order valence-electron chi connectivity index (χ2n) is 6.11. The summed E-state index contributed by atoms with van der Waals surface area (Å²) in [7, 11) is 0. The standard InChI is InChI=1S/C16H20S/c1-10-2-4-13-12(10)6-7-15-14(13)5-3-11-8-9-17-16(11)15/h8-9,13-15H,2-7H2,1H3/t13-,14+,15+/m1/s1. The maximum atomic E-state index is 2.38. The number of rotatable bonds is 0. The van der Waals surface area contributed by atoms with Crippen molar-refractivity contribution in [2.75, 3.05) is 0 Å². The van der Waals surface area contributed by atoms with Crippen LogP contribution in [0.4, 0.5) is 0 Å². The quantitative estimate of drug-likeness (QED) is 0.569. The van der Waals surface area contributed by atoms with Crippen LogP contribution in [-0.2, 0) is 6.42 Å². The first kappa shape index (κ1) is 10.4. The summed E-state index contributed by atoms with van der Waals surface area (Å²) in [6.07, 6.45) is 8.48. The summed E-state index contributed by atoms with van der Waals surface area (Å²) in [6, 6.07) is 2.38. The molecule has 17 heavy (non-hydrogen) atoms. The van der Waals surface area contributed by atoms with E-state index in [2.05, 4.69) is 18.4 Å². The Morgan fingerprint density at radius 2 is 1.94 bits per heavy atom. The van der Waals surface area contributed by atoms with Crippen molar-refractivity contribution in [3.8, 4) is 0 Å². The predicted molar refractivity (Wildman–Crippen MR) is 73.5 cm³/mol. The van der Waals surface area contributed by atoms with E-state index in [-0.39, 0.29) is 0 Å². The molecule has 0 unspecified atom stereocenters. The van der Waals surface area contributed by atoms with Crippen LogP contribution in [-0.4, -0.2) is 0 Å². The fourth-order valence-electron chi connectivity index (χ4n) is 4.63. The Balaban J connectivity index is 1.73. The molecule has 3 aliphatic rings. The molecule has 0 radical (unpaired) electrons. The summed E-state index contributed by atoms with van der Waals surface area (Å²) in [5.74, 6) is 2.87. The highest BCUT2D eigenvalue weighted by Crippen LogP contribution is 2.55. The van der Waals surface area contributed by atoms with Gasteiger partial charge in [-0.2, -0.15) is 0 Å². The summed E-state index contributed by atoms with van der Waals surface area (Å²) in [6.45, 7) is 2.38. The van der Waals surface area contributed by atoms with Crippen LogP contribution in [0.15, 0.2) is 22.6 Å². The minimum atomic E-state index is 0.915. The van der Waals surface area contributed by atoms with Gasteiger partial charge in [0.25, 0.3) is 0 Å². The lowest BCUT2D eigenvalue weighted by molar-refractivity contribution is 0.237. The maximum absolute atomic E-state index is 2.38. The molecule has 1 aromatic rings. The molecule has 0 amide bonds. The number of aryl methyl sites for hydroxylation is 1. The zero-order valence-corrected chi connectivity index (χ0v) is 11.4. The molecule has 0 aromatic carbocycles. The maximum Gasteiger partial charge on any atom is 0.0111 e. The minimum Gasteiger partial charge on any atom is -0.148 e. The Kier molecular flexibility index (Phi) is 2.27. The van der Waals surface area contributed by atoms with Gasteiger partial charge in [0.05, 0.1) is 0 Å². The average molecular weight is 244 g/mol. The Morgan fingerprint density at radius 3 is 2.88 bits per heavy atom. The number of thiophene rings is 1. The molecule has 90 valence electrons. The van der Waals surface area contributed by atoms with Gasteiger partial charge < -0.3 is 0 Å². The van der Waals surface area contributed by atoms with E-state index in [1.54, 1.807) is 16.0 Å². The molecule has 1 heterocycles. The molecule has 1 fully saturated rings. The van der Waals surface area contributed by atoms with E-state index in [1.807, 2.05) is 16.9 Å². The van der Waals surface area contributed by atoms with E-state index in [0.29, 0.717) is 0 Å². The smallest absolute Gasteiger partial charge is 0.0111 e. The molecule has 3 aliphatic carbocycles. The molecule has 4 rings (SSSR count). The molecule has 0 spiro atoms. The molecule has 1 saturated carbocycles. The Labute approximate surface area is 108 Å². The summed E-state index contributed by atoms with van der Waals surface area (Å²) in [5.41, 5.74) is 5.29. The highest BCUT2D eigenvalue weighted by atomic mass is 32.1. The lowest BCUT2D eigenvalue weighted by atomic mass is 9.64. The van der Waals surface area contributed by atoms with Crippen molar-refractivity contribution in [2.45, 2.75) is 51.4 Å². The third-order valence-corrected chi connectivity index (χ3v) is 6.54. The van der Waals surface area contributed by atoms with Crippen LogP contribution in [0.2, 0.25) is 0 Å². The van der Waals surface area contributed by atoms with Gasteiger partial charge in [-0.3, -0.25) is 0 Å². The van der Waals surface area contributed by atoms with E-state index in [1.165, 1.54) is 38.5 Å². The summed E-state index contributed by atoms with van der Waals surface area (Å²) in [5, 5.41) is 2.32. The van der Waals surface area contributed by atoms with Gasteiger partial charge in [0, 0.05) is 4.88 Å². The first-order valence-corrected chi connectivity index (χ1v) is 7.97. The van der Waals surface area contributed by atoms with Gasteiger partial charge in [-0.15, -0.1) is 11.3 Å². The molecule has 1 aromatic heterocycles. The molecule has 0 N–H and O–H groups in total. The highest BCUT2D eigenvalue weighted by Gasteiger charge is 2.42. The first-order chi connectivity index (χ1) is 8.34. The molecule has 0 saturated heterocycles. The van der Waals surface area contributed by atoms with Crippen LogP contribution in [0.5, 0.6) is 0 Å². The third kappa shape index (κ3) is 1.41. The molecule has 1 heteroatoms. The van der Waals surface area contributed by atoms with Gasteiger partial charge in [0.2, 0.25) is 0 Å². The number of allylic oxidation sites excluding steroid dienone is 2. The van der Waals surface area contributed by atoms with Crippen LogP contribution in [0.1, 0.15) is 55.4 Å². The number of fused-ring (bicyclic) bond motifs is 5. The largest absolute Gasteiger partial charge is 0.148 e. The fraction of sp³-hybridized carbons (Fsp3) is 0.625. The third-order valence-electron chi connectivity index (χ3n) is 5.45. The van der Waals surface area contributed by atoms with E-state index in [4.69, 9.17) is 0 Å². The molecule has 0 aliphatic heterocycles. The summed E-state index contributed by atoms with van der Waals surface area (Å²) < 4.78 is 0. The second kappa shape index (κ2) is 3.71. The SMILES string of the molecule is CC1=C2CC[C@@H]3c4sccc4CC[C@H]3[C@@H]2CC1. The van der Waals surface area contributed by atoms with Gasteiger partial charge in [0.1, 0.15) is 0 Å². The van der Waals surface area contributed by atoms with Gasteiger partial charge in [-0.05, 0) is 80.2 Å². The number of hydrogen-bond donors (Lipinski definition) is 0. The van der Waals surface area contributed by atoms with Crippen molar-refractivity contribution in [2.24, 2.45) is 11.8 Å². The first-order valence-electron chi connectivity index (χ1n) is 7.09. The normalized spacial score (nSPS) is 35.5. The van der Waals surface area contributed by atoms with Crippen molar-refractivity contribution < 1.29 is 0 Å². The summed E-state index contributed by atoms with van der Waals surface area (Å²) >= 11 is 2.03. The topological polar surface area (TPSA) is 0 Å². The molecule has 3 atom stereocenters. The molecular formula is C16H20S. The number of hydrogen-bond acceptors (Lipinski definition) is 1. The fourth-order valence-corrected chi connectivity index (χ4v) is 5.80. The van der Waals surface area contributed by atoms with Crippen molar-refractivity contribution in [3.05, 3.63) is 33.0 Å². The van der Waals surface area contributed by atoms with Crippen molar-refractivity contribution in [1.29, 1.82) is 0 Å². The van der Waals surface area contributed by atoms with Crippen LogP contribution >= 0.6 is 11.3 Å². The lowest BCUT2D eigenvalue weighted by Gasteiger charge is -2.41. The minimum absolute atomic E-state index is 0.915. The lowest BCUT2D eigenvalue weighted by Crippen LogP contribution is -2.30. The van der Waals surface area contributed by atoms with E-state index < -0.39 is 0 Å².